The molecule has 8 nitrogen and oxygen atoms in total. The number of halogens is 1. The number of carbonyl (C=O) groups excluding carboxylic acids is 1. The Morgan fingerprint density at radius 2 is 1.61 bits per heavy atom. The van der Waals surface area contributed by atoms with Gasteiger partial charge in [-0.25, -0.2) is 4.39 Å². The summed E-state index contributed by atoms with van der Waals surface area (Å²) in [5.74, 6) is -0.354. The zero-order valence-electron chi connectivity index (χ0n) is 26.0. The van der Waals surface area contributed by atoms with Gasteiger partial charge in [0.15, 0.2) is 11.9 Å². The minimum absolute atomic E-state index is 0.0426. The van der Waals surface area contributed by atoms with Crippen molar-refractivity contribution < 1.29 is 31.4 Å². The molecule has 0 saturated heterocycles. The molecule has 10 heteroatoms. The second kappa shape index (κ2) is 13.3. The number of nitrogens with zero attached hydrogens (tertiary/aromatic N) is 1. The first-order chi connectivity index (χ1) is 21.8. The summed E-state index contributed by atoms with van der Waals surface area (Å²) in [6.45, 7) is 7.92. The number of rotatable bonds is 10. The van der Waals surface area contributed by atoms with Gasteiger partial charge >= 0.3 is 0 Å². The van der Waals surface area contributed by atoms with Crippen molar-refractivity contribution in [2.24, 2.45) is 0 Å². The summed E-state index contributed by atoms with van der Waals surface area (Å²) in [4.78, 5) is 12.4. The molecule has 1 atom stereocenters. The zero-order valence-corrected chi connectivity index (χ0v) is 26.8. The third-order valence-electron chi connectivity index (χ3n) is 7.54. The van der Waals surface area contributed by atoms with E-state index in [0.29, 0.717) is 28.3 Å². The summed E-state index contributed by atoms with van der Waals surface area (Å²) in [5, 5.41) is 6.83. The number of benzene rings is 4. The minimum Gasteiger partial charge on any atom is -0.479 e. The maximum Gasteiger partial charge on any atom is 0.266 e. The van der Waals surface area contributed by atoms with Crippen LogP contribution in [-0.4, -0.2) is 36.3 Å². The predicted octanol–water partition coefficient (Wildman–Crippen LogP) is 7.54. The third-order valence-corrected chi connectivity index (χ3v) is 8.26. The number of carbonyl (C=O) groups is 1. The fourth-order valence-corrected chi connectivity index (χ4v) is 5.21. The Balaban J connectivity index is 1.42. The number of hydrogen-bond acceptors (Lipinski definition) is 6. The molecule has 0 radical (unpaired) electrons. The van der Waals surface area contributed by atoms with Gasteiger partial charge in [-0.2, -0.15) is 8.42 Å². The van der Waals surface area contributed by atoms with Crippen molar-refractivity contribution in [3.8, 4) is 28.2 Å². The van der Waals surface area contributed by atoms with E-state index in [1.165, 1.54) is 6.07 Å². The Bertz CT molecular complexity index is 1950. The van der Waals surface area contributed by atoms with Crippen LogP contribution in [0.3, 0.4) is 0 Å². The second-order valence-corrected chi connectivity index (χ2v) is 13.7. The minimum atomic E-state index is -4.18. The summed E-state index contributed by atoms with van der Waals surface area (Å²) in [6, 6.07) is 29.0. The SMILES string of the molecule is Cc1ccc(-c2cccc(-c3cc(C(Oc4ccc(C(=O)NCCS(=O)(=O)O)cc4)c4ccc(C(C)(C)C)cc4)no3)c2)cc1F. The summed E-state index contributed by atoms with van der Waals surface area (Å²) in [6.07, 6.45) is -0.657. The lowest BCUT2D eigenvalue weighted by Gasteiger charge is -2.21. The van der Waals surface area contributed by atoms with Crippen LogP contribution in [0, 0.1) is 12.7 Å². The van der Waals surface area contributed by atoms with Gasteiger partial charge in [0.25, 0.3) is 16.0 Å². The summed E-state index contributed by atoms with van der Waals surface area (Å²) < 4.78 is 57.3. The van der Waals surface area contributed by atoms with Crippen molar-refractivity contribution in [3.05, 3.63) is 131 Å². The summed E-state index contributed by atoms with van der Waals surface area (Å²) in [5.41, 5.74) is 5.70. The van der Waals surface area contributed by atoms with Crippen LogP contribution in [0.2, 0.25) is 0 Å². The van der Waals surface area contributed by atoms with Gasteiger partial charge in [0.1, 0.15) is 17.3 Å². The number of ether oxygens (including phenoxy) is 1. The number of nitrogens with one attached hydrogen (secondary N) is 1. The monoisotopic (exact) mass is 642 g/mol. The first-order valence-corrected chi connectivity index (χ1v) is 16.3. The van der Waals surface area contributed by atoms with Crippen LogP contribution in [0.4, 0.5) is 4.39 Å². The van der Waals surface area contributed by atoms with Gasteiger partial charge in [0, 0.05) is 23.7 Å². The lowest BCUT2D eigenvalue weighted by molar-refractivity contribution is 0.0956. The van der Waals surface area contributed by atoms with E-state index >= 15 is 0 Å². The lowest BCUT2D eigenvalue weighted by atomic mass is 9.86. The van der Waals surface area contributed by atoms with Crippen molar-refractivity contribution in [3.63, 3.8) is 0 Å². The molecule has 46 heavy (non-hydrogen) atoms. The number of amides is 1. The molecule has 5 rings (SSSR count). The van der Waals surface area contributed by atoms with Crippen LogP contribution >= 0.6 is 0 Å². The molecular weight excluding hydrogens is 607 g/mol. The topological polar surface area (TPSA) is 119 Å². The molecule has 2 N–H and O–H groups in total. The maximum atomic E-state index is 14.3. The van der Waals surface area contributed by atoms with E-state index in [-0.39, 0.29) is 17.8 Å². The first-order valence-electron chi connectivity index (χ1n) is 14.7. The molecule has 0 fully saturated rings. The lowest BCUT2D eigenvalue weighted by Crippen LogP contribution is -2.28. The highest BCUT2D eigenvalue weighted by atomic mass is 32.2. The van der Waals surface area contributed by atoms with Crippen molar-refractivity contribution >= 4 is 16.0 Å². The van der Waals surface area contributed by atoms with E-state index < -0.39 is 27.9 Å². The van der Waals surface area contributed by atoms with Crippen LogP contribution in [0.1, 0.15) is 59.6 Å². The highest BCUT2D eigenvalue weighted by molar-refractivity contribution is 7.85. The average Bonchev–Trinajstić information content (AvgIpc) is 3.51. The number of hydrogen-bond donors (Lipinski definition) is 2. The highest BCUT2D eigenvalue weighted by Gasteiger charge is 2.23. The van der Waals surface area contributed by atoms with E-state index in [4.69, 9.17) is 13.8 Å². The van der Waals surface area contributed by atoms with E-state index in [0.717, 1.165) is 27.8 Å². The highest BCUT2D eigenvalue weighted by Crippen LogP contribution is 2.34. The van der Waals surface area contributed by atoms with Crippen LogP contribution in [0.25, 0.3) is 22.5 Å². The fourth-order valence-electron chi connectivity index (χ4n) is 4.85. The molecule has 0 aliphatic carbocycles. The van der Waals surface area contributed by atoms with Crippen molar-refractivity contribution in [2.75, 3.05) is 12.3 Å². The molecule has 0 aliphatic rings. The van der Waals surface area contributed by atoms with E-state index in [2.05, 4.69) is 43.4 Å². The molecule has 0 spiro atoms. The number of aromatic nitrogens is 1. The first kappa shape index (κ1) is 32.6. The molecule has 0 bridgehead atoms. The van der Waals surface area contributed by atoms with Gasteiger partial charge in [0.05, 0.1) is 5.75 Å². The smallest absolute Gasteiger partial charge is 0.266 e. The van der Waals surface area contributed by atoms with Crippen LogP contribution in [-0.2, 0) is 15.5 Å². The Hall–Kier alpha value is -4.80. The molecular formula is C36H35FN2O6S. The van der Waals surface area contributed by atoms with E-state index in [1.807, 2.05) is 48.5 Å². The Morgan fingerprint density at radius 1 is 0.935 bits per heavy atom. The normalized spacial score (nSPS) is 12.5. The average molecular weight is 643 g/mol. The quantitative estimate of drug-likeness (QED) is 0.151. The molecule has 4 aromatic carbocycles. The van der Waals surface area contributed by atoms with Gasteiger partial charge in [-0.05, 0) is 76.6 Å². The second-order valence-electron chi connectivity index (χ2n) is 12.1. The van der Waals surface area contributed by atoms with Crippen LogP contribution in [0.15, 0.2) is 102 Å². The van der Waals surface area contributed by atoms with Crippen molar-refractivity contribution in [2.45, 2.75) is 39.2 Å². The molecule has 1 unspecified atom stereocenters. The largest absolute Gasteiger partial charge is 0.479 e. The summed E-state index contributed by atoms with van der Waals surface area (Å²) in [7, 11) is -4.18. The standard InChI is InChI=1S/C36H35FN2O6S/c1-23-8-9-27(21-31(23)37)26-6-5-7-28(20-26)33-22-32(39-45-33)34(24-10-14-29(15-11-24)36(2,3)4)44-30-16-12-25(13-17-30)35(40)38-18-19-46(41,42)43/h5-17,20-22,34H,18-19H2,1-4H3,(H,38,40)(H,41,42,43). The van der Waals surface area contributed by atoms with Gasteiger partial charge in [0.2, 0.25) is 0 Å². The molecule has 1 aromatic heterocycles. The van der Waals surface area contributed by atoms with Gasteiger partial charge < -0.3 is 14.6 Å². The molecule has 1 amide bonds. The van der Waals surface area contributed by atoms with E-state index in [1.54, 1.807) is 37.3 Å². The fraction of sp³-hybridized carbons (Fsp3) is 0.222. The van der Waals surface area contributed by atoms with Gasteiger partial charge in [-0.15, -0.1) is 0 Å². The molecule has 5 aromatic rings. The Kier molecular flexibility index (Phi) is 9.41. The zero-order chi connectivity index (χ0) is 33.1. The maximum absolute atomic E-state index is 14.3. The van der Waals surface area contributed by atoms with Crippen LogP contribution in [0.5, 0.6) is 5.75 Å². The number of aryl methyl sites for hydroxylation is 1. The van der Waals surface area contributed by atoms with Gasteiger partial charge in [-0.1, -0.05) is 80.5 Å². The molecule has 1 heterocycles. The van der Waals surface area contributed by atoms with E-state index in [9.17, 15) is 17.6 Å². The predicted molar refractivity (Wildman–Crippen MR) is 175 cm³/mol. The Labute approximate surface area is 268 Å². The van der Waals surface area contributed by atoms with Crippen LogP contribution < -0.4 is 10.1 Å². The third kappa shape index (κ3) is 8.07. The van der Waals surface area contributed by atoms with Crippen molar-refractivity contribution in [1.82, 2.24) is 10.5 Å². The molecule has 0 saturated carbocycles. The van der Waals surface area contributed by atoms with Crippen molar-refractivity contribution in [1.29, 1.82) is 0 Å². The molecule has 238 valence electrons. The molecule has 0 aliphatic heterocycles. The Morgan fingerprint density at radius 3 is 2.26 bits per heavy atom. The van der Waals surface area contributed by atoms with Gasteiger partial charge in [-0.3, -0.25) is 9.35 Å². The summed E-state index contributed by atoms with van der Waals surface area (Å²) >= 11 is 0.